The number of hydrogen-bond donors (Lipinski definition) is 1. The summed E-state index contributed by atoms with van der Waals surface area (Å²) in [5.41, 5.74) is 0. The lowest BCUT2D eigenvalue weighted by Crippen LogP contribution is -2.52. The molecule has 5 nitrogen and oxygen atoms in total. The second kappa shape index (κ2) is 7.31. The highest BCUT2D eigenvalue weighted by Crippen LogP contribution is 2.27. The van der Waals surface area contributed by atoms with Gasteiger partial charge in [0.05, 0.1) is 12.5 Å². The van der Waals surface area contributed by atoms with E-state index in [4.69, 9.17) is 14.6 Å². The molecular formula is C16H23NO4. The highest BCUT2D eigenvalue weighted by Gasteiger charge is 2.34. The number of rotatable bonds is 8. The lowest BCUT2D eigenvalue weighted by Gasteiger charge is -2.41. The quantitative estimate of drug-likeness (QED) is 0.795. The number of aliphatic carboxylic acids is 1. The van der Waals surface area contributed by atoms with Gasteiger partial charge in [-0.2, -0.15) is 0 Å². The normalized spacial score (nSPS) is 17.0. The number of carboxylic acid groups (broad SMARTS) is 1. The van der Waals surface area contributed by atoms with Gasteiger partial charge in [-0.1, -0.05) is 19.1 Å². The third-order valence-electron chi connectivity index (χ3n) is 3.90. The van der Waals surface area contributed by atoms with E-state index in [2.05, 4.69) is 4.90 Å². The van der Waals surface area contributed by atoms with Crippen molar-refractivity contribution in [2.75, 3.05) is 32.8 Å². The van der Waals surface area contributed by atoms with E-state index in [1.807, 2.05) is 31.2 Å². The summed E-state index contributed by atoms with van der Waals surface area (Å²) in [7, 11) is 0. The van der Waals surface area contributed by atoms with Crippen LogP contribution in [0.5, 0.6) is 11.5 Å². The predicted molar refractivity (Wildman–Crippen MR) is 79.8 cm³/mol. The Balaban J connectivity index is 1.71. The molecule has 1 aliphatic heterocycles. The molecule has 1 atom stereocenters. The van der Waals surface area contributed by atoms with E-state index in [9.17, 15) is 4.79 Å². The number of ether oxygens (including phenoxy) is 2. The first-order chi connectivity index (χ1) is 10.1. The monoisotopic (exact) mass is 293 g/mol. The van der Waals surface area contributed by atoms with Crippen molar-refractivity contribution < 1.29 is 19.4 Å². The molecule has 1 aliphatic rings. The summed E-state index contributed by atoms with van der Waals surface area (Å²) in [6.07, 6.45) is 0. The number of benzene rings is 1. The van der Waals surface area contributed by atoms with E-state index < -0.39 is 5.97 Å². The van der Waals surface area contributed by atoms with Gasteiger partial charge in [-0.05, 0) is 25.0 Å². The first kappa shape index (κ1) is 15.6. The van der Waals surface area contributed by atoms with Crippen molar-refractivity contribution in [1.82, 2.24) is 4.90 Å². The number of likely N-dealkylation sites (tertiary alicyclic amines) is 1. The summed E-state index contributed by atoms with van der Waals surface area (Å²) in [5, 5.41) is 8.95. The van der Waals surface area contributed by atoms with E-state index in [0.29, 0.717) is 13.2 Å². The topological polar surface area (TPSA) is 59.0 Å². The SMILES string of the molecule is CCOc1ccccc1OCCN1CC(C(C)C(=O)O)C1. The minimum atomic E-state index is -0.707. The average molecular weight is 293 g/mol. The number of nitrogens with zero attached hydrogens (tertiary/aromatic N) is 1. The van der Waals surface area contributed by atoms with E-state index in [-0.39, 0.29) is 11.8 Å². The van der Waals surface area contributed by atoms with Crippen LogP contribution in [-0.2, 0) is 4.79 Å². The number of hydrogen-bond acceptors (Lipinski definition) is 4. The van der Waals surface area contributed by atoms with Gasteiger partial charge < -0.3 is 14.6 Å². The molecule has 0 spiro atoms. The fourth-order valence-corrected chi connectivity index (χ4v) is 2.44. The molecule has 2 rings (SSSR count). The minimum Gasteiger partial charge on any atom is -0.490 e. The summed E-state index contributed by atoms with van der Waals surface area (Å²) in [5.74, 6) is 0.817. The maximum atomic E-state index is 10.9. The van der Waals surface area contributed by atoms with E-state index in [1.165, 1.54) is 0 Å². The molecule has 21 heavy (non-hydrogen) atoms. The summed E-state index contributed by atoms with van der Waals surface area (Å²) in [4.78, 5) is 13.1. The first-order valence-electron chi connectivity index (χ1n) is 7.41. The molecule has 1 aromatic rings. The fraction of sp³-hybridized carbons (Fsp3) is 0.562. The molecule has 1 fully saturated rings. The fourth-order valence-electron chi connectivity index (χ4n) is 2.44. The van der Waals surface area contributed by atoms with Crippen LogP contribution in [0.3, 0.4) is 0 Å². The molecule has 0 aromatic heterocycles. The summed E-state index contributed by atoms with van der Waals surface area (Å²) in [6.45, 7) is 7.40. The predicted octanol–water partition coefficient (Wildman–Crippen LogP) is 2.12. The minimum absolute atomic E-state index is 0.262. The van der Waals surface area contributed by atoms with Crippen LogP contribution < -0.4 is 9.47 Å². The summed E-state index contributed by atoms with van der Waals surface area (Å²) >= 11 is 0. The van der Waals surface area contributed by atoms with Gasteiger partial charge in [0.15, 0.2) is 11.5 Å². The number of carboxylic acids is 1. The van der Waals surface area contributed by atoms with Gasteiger partial charge >= 0.3 is 5.97 Å². The van der Waals surface area contributed by atoms with Crippen molar-refractivity contribution in [3.05, 3.63) is 24.3 Å². The molecule has 1 unspecified atom stereocenters. The third-order valence-corrected chi connectivity index (χ3v) is 3.90. The van der Waals surface area contributed by atoms with Gasteiger partial charge in [0, 0.05) is 19.6 Å². The van der Waals surface area contributed by atoms with E-state index in [1.54, 1.807) is 6.92 Å². The van der Waals surface area contributed by atoms with Gasteiger partial charge in [0.25, 0.3) is 0 Å². The van der Waals surface area contributed by atoms with Crippen LogP contribution >= 0.6 is 0 Å². The zero-order valence-electron chi connectivity index (χ0n) is 12.6. The second-order valence-corrected chi connectivity index (χ2v) is 5.37. The number of carbonyl (C=O) groups is 1. The van der Waals surface area contributed by atoms with Gasteiger partial charge in [-0.25, -0.2) is 0 Å². The van der Waals surface area contributed by atoms with Gasteiger partial charge in [0.1, 0.15) is 6.61 Å². The van der Waals surface area contributed by atoms with Crippen LogP contribution in [-0.4, -0.2) is 48.8 Å². The van der Waals surface area contributed by atoms with Crippen molar-refractivity contribution in [2.45, 2.75) is 13.8 Å². The Morgan fingerprint density at radius 1 is 1.33 bits per heavy atom. The van der Waals surface area contributed by atoms with Gasteiger partial charge in [0.2, 0.25) is 0 Å². The largest absolute Gasteiger partial charge is 0.490 e. The Morgan fingerprint density at radius 3 is 2.52 bits per heavy atom. The zero-order chi connectivity index (χ0) is 15.2. The van der Waals surface area contributed by atoms with Crippen molar-refractivity contribution in [1.29, 1.82) is 0 Å². The molecule has 0 radical (unpaired) electrons. The third kappa shape index (κ3) is 4.11. The van der Waals surface area contributed by atoms with Crippen LogP contribution in [0.25, 0.3) is 0 Å². The van der Waals surface area contributed by atoms with Crippen molar-refractivity contribution >= 4 is 5.97 Å². The second-order valence-electron chi connectivity index (χ2n) is 5.37. The molecule has 1 heterocycles. The van der Waals surface area contributed by atoms with Crippen LogP contribution in [0.2, 0.25) is 0 Å². The first-order valence-corrected chi connectivity index (χ1v) is 7.41. The van der Waals surface area contributed by atoms with Crippen LogP contribution in [0, 0.1) is 11.8 Å². The zero-order valence-corrected chi connectivity index (χ0v) is 12.6. The van der Waals surface area contributed by atoms with Gasteiger partial charge in [-0.3, -0.25) is 9.69 Å². The lowest BCUT2D eigenvalue weighted by molar-refractivity contribution is -0.145. The molecular weight excluding hydrogens is 270 g/mol. The van der Waals surface area contributed by atoms with E-state index >= 15 is 0 Å². The van der Waals surface area contributed by atoms with Crippen LogP contribution in [0.15, 0.2) is 24.3 Å². The Bertz CT molecular complexity index is 471. The highest BCUT2D eigenvalue weighted by atomic mass is 16.5. The Morgan fingerprint density at radius 2 is 1.95 bits per heavy atom. The molecule has 116 valence electrons. The summed E-state index contributed by atoms with van der Waals surface area (Å²) < 4.78 is 11.3. The van der Waals surface area contributed by atoms with Crippen molar-refractivity contribution in [2.24, 2.45) is 11.8 Å². The molecule has 1 saturated heterocycles. The van der Waals surface area contributed by atoms with Crippen LogP contribution in [0.4, 0.5) is 0 Å². The molecule has 0 amide bonds. The molecule has 0 saturated carbocycles. The molecule has 1 N–H and O–H groups in total. The Hall–Kier alpha value is -1.75. The highest BCUT2D eigenvalue weighted by molar-refractivity contribution is 5.70. The Labute approximate surface area is 125 Å². The maximum Gasteiger partial charge on any atom is 0.306 e. The van der Waals surface area contributed by atoms with Crippen LogP contribution in [0.1, 0.15) is 13.8 Å². The summed E-state index contributed by atoms with van der Waals surface area (Å²) in [6, 6.07) is 7.64. The van der Waals surface area contributed by atoms with Crippen molar-refractivity contribution in [3.8, 4) is 11.5 Å². The van der Waals surface area contributed by atoms with Gasteiger partial charge in [-0.15, -0.1) is 0 Å². The Kier molecular flexibility index (Phi) is 5.44. The molecule has 1 aromatic carbocycles. The average Bonchev–Trinajstić information content (AvgIpc) is 2.42. The standard InChI is InChI=1S/C16H23NO4/c1-3-20-14-6-4-5-7-15(14)21-9-8-17-10-13(11-17)12(2)16(18)19/h4-7,12-13H,3,8-11H2,1-2H3,(H,18,19). The molecule has 5 heteroatoms. The molecule has 0 aliphatic carbocycles. The number of para-hydroxylation sites is 2. The lowest BCUT2D eigenvalue weighted by atomic mass is 9.87. The van der Waals surface area contributed by atoms with Crippen molar-refractivity contribution in [3.63, 3.8) is 0 Å². The van der Waals surface area contributed by atoms with E-state index in [0.717, 1.165) is 31.1 Å². The smallest absolute Gasteiger partial charge is 0.306 e. The molecule has 0 bridgehead atoms. The maximum absolute atomic E-state index is 10.9.